The molecule has 0 aliphatic heterocycles. The molecule has 2 heteroatoms. The first kappa shape index (κ1) is 24.1. The minimum atomic E-state index is -0.537. The quantitative estimate of drug-likeness (QED) is 0.156. The molecule has 11 rings (SSSR count). The number of para-hydroxylation sites is 2. The van der Waals surface area contributed by atoms with E-state index in [0.717, 1.165) is 77.1 Å². The van der Waals surface area contributed by atoms with Gasteiger partial charge in [-0.1, -0.05) is 182 Å². The minimum Gasteiger partial charge on any atom is -0.292 e. The second-order valence-electron chi connectivity index (χ2n) is 14.0. The third kappa shape index (κ3) is 5.61. The zero-order valence-corrected chi connectivity index (χ0v) is 30.4. The van der Waals surface area contributed by atoms with Crippen molar-refractivity contribution in [3.05, 3.63) is 218 Å². The lowest BCUT2D eigenvalue weighted by Crippen LogP contribution is -1.98. The van der Waals surface area contributed by atoms with Crippen molar-refractivity contribution in [3.8, 4) is 61.6 Å². The van der Waals surface area contributed by atoms with E-state index in [1.807, 2.05) is 60.7 Å². The van der Waals surface area contributed by atoms with Gasteiger partial charge in [-0.25, -0.2) is 4.98 Å². The van der Waals surface area contributed by atoms with E-state index in [0.29, 0.717) is 5.56 Å². The number of benzene rings is 10. The molecule has 1 heterocycles. The lowest BCUT2D eigenvalue weighted by atomic mass is 9.84. The Hall–Kier alpha value is -7.55. The Morgan fingerprint density at radius 3 is 1.46 bits per heavy atom. The molecule has 57 heavy (non-hydrogen) atoms. The van der Waals surface area contributed by atoms with Crippen LogP contribution in [0.25, 0.3) is 105 Å². The molecule has 0 aliphatic carbocycles. The number of imidazole rings is 1. The molecule has 0 fully saturated rings. The maximum atomic E-state index is 8.94. The normalized spacial score (nSPS) is 14.0. The van der Waals surface area contributed by atoms with Crippen LogP contribution in [0.15, 0.2) is 218 Å². The summed E-state index contributed by atoms with van der Waals surface area (Å²) in [5, 5.41) is 5.79. The fourth-order valence-corrected chi connectivity index (χ4v) is 8.25. The minimum absolute atomic E-state index is 0.0687. The first-order valence-electron chi connectivity index (χ1n) is 23.7. The van der Waals surface area contributed by atoms with Gasteiger partial charge in [0.25, 0.3) is 0 Å². The molecule has 0 unspecified atom stereocenters. The Balaban J connectivity index is 1.14. The van der Waals surface area contributed by atoms with Crippen LogP contribution in [0.5, 0.6) is 0 Å². The summed E-state index contributed by atoms with van der Waals surface area (Å²) in [5.74, 6) is 0.808. The summed E-state index contributed by atoms with van der Waals surface area (Å²) >= 11 is 0. The summed E-state index contributed by atoms with van der Waals surface area (Å²) in [6.45, 7) is 0. The second kappa shape index (κ2) is 13.6. The highest BCUT2D eigenvalue weighted by atomic mass is 15.1. The summed E-state index contributed by atoms with van der Waals surface area (Å²) in [5.41, 5.74) is 7.44. The molecule has 266 valence electrons. The third-order valence-electron chi connectivity index (χ3n) is 10.7. The number of hydrogen-bond donors (Lipinski definition) is 0. The van der Waals surface area contributed by atoms with Gasteiger partial charge in [-0.05, 0) is 108 Å². The highest BCUT2D eigenvalue weighted by Gasteiger charge is 2.20. The number of aromatic nitrogens is 2. The van der Waals surface area contributed by atoms with E-state index < -0.39 is 60.4 Å². The van der Waals surface area contributed by atoms with Crippen molar-refractivity contribution >= 4 is 43.4 Å². The van der Waals surface area contributed by atoms with Gasteiger partial charge in [-0.2, -0.15) is 0 Å². The van der Waals surface area contributed by atoms with Crippen LogP contribution < -0.4 is 0 Å². The lowest BCUT2D eigenvalue weighted by molar-refractivity contribution is 1.11. The zero-order valence-electron chi connectivity index (χ0n) is 40.4. The van der Waals surface area contributed by atoms with E-state index in [2.05, 4.69) is 83.4 Å². The van der Waals surface area contributed by atoms with Crippen LogP contribution in [0.3, 0.4) is 0 Å². The van der Waals surface area contributed by atoms with Crippen LogP contribution in [0.2, 0.25) is 0 Å². The summed E-state index contributed by atoms with van der Waals surface area (Å²) in [4.78, 5) is 5.18. The smallest absolute Gasteiger partial charge is 0.145 e. The highest BCUT2D eigenvalue weighted by molar-refractivity contribution is 6.21. The van der Waals surface area contributed by atoms with E-state index in [9.17, 15) is 0 Å². The Morgan fingerprint density at radius 1 is 0.368 bits per heavy atom. The summed E-state index contributed by atoms with van der Waals surface area (Å²) in [7, 11) is 0. The van der Waals surface area contributed by atoms with E-state index in [1.54, 1.807) is 18.2 Å². The molecule has 0 saturated carbocycles. The fourth-order valence-electron chi connectivity index (χ4n) is 8.25. The molecule has 11 aromatic rings. The first-order valence-corrected chi connectivity index (χ1v) is 18.7. The molecule has 2 nitrogen and oxygen atoms in total. The average Bonchev–Trinajstić information content (AvgIpc) is 3.75. The van der Waals surface area contributed by atoms with E-state index in [4.69, 9.17) is 18.7 Å². The van der Waals surface area contributed by atoms with Crippen LogP contribution in [0.4, 0.5) is 0 Å². The topological polar surface area (TPSA) is 17.8 Å². The number of rotatable bonds is 6. The molecule has 0 spiro atoms. The van der Waals surface area contributed by atoms with Gasteiger partial charge in [-0.15, -0.1) is 0 Å². The maximum Gasteiger partial charge on any atom is 0.145 e. The molecule has 0 aliphatic rings. The van der Waals surface area contributed by atoms with Gasteiger partial charge in [0.15, 0.2) is 0 Å². The molecule has 0 saturated heterocycles. The van der Waals surface area contributed by atoms with E-state index in [-0.39, 0.29) is 22.3 Å². The van der Waals surface area contributed by atoms with Crippen LogP contribution in [0.1, 0.15) is 13.7 Å². The van der Waals surface area contributed by atoms with Gasteiger partial charge < -0.3 is 0 Å². The highest BCUT2D eigenvalue weighted by Crippen LogP contribution is 2.45. The second-order valence-corrected chi connectivity index (χ2v) is 14.0. The van der Waals surface area contributed by atoms with Gasteiger partial charge in [-0.3, -0.25) is 4.57 Å². The Kier molecular flexibility index (Phi) is 5.76. The van der Waals surface area contributed by atoms with Crippen molar-refractivity contribution in [1.82, 2.24) is 9.55 Å². The molecule has 0 atom stereocenters. The first-order chi connectivity index (χ1) is 32.4. The van der Waals surface area contributed by atoms with Gasteiger partial charge in [0.1, 0.15) is 5.82 Å². The fraction of sp³-hybridized carbons (Fsp3) is 0. The van der Waals surface area contributed by atoms with Crippen LogP contribution in [0, 0.1) is 0 Å². The Bertz CT molecular complexity index is 3670. The predicted octanol–water partition coefficient (Wildman–Crippen LogP) is 14.8. The molecule has 10 aromatic carbocycles. The lowest BCUT2D eigenvalue weighted by Gasteiger charge is -2.19. The van der Waals surface area contributed by atoms with Crippen molar-refractivity contribution in [2.24, 2.45) is 0 Å². The van der Waals surface area contributed by atoms with Gasteiger partial charge in [0, 0.05) is 10.9 Å². The number of nitrogens with zero attached hydrogens (tertiary/aromatic N) is 2. The summed E-state index contributed by atoms with van der Waals surface area (Å²) in [6, 6.07) is 47.5. The van der Waals surface area contributed by atoms with Crippen molar-refractivity contribution in [2.45, 2.75) is 0 Å². The van der Waals surface area contributed by atoms with Gasteiger partial charge in [0.05, 0.1) is 30.4 Å². The van der Waals surface area contributed by atoms with Crippen molar-refractivity contribution in [1.29, 1.82) is 0 Å². The van der Waals surface area contributed by atoms with Gasteiger partial charge >= 0.3 is 0 Å². The van der Waals surface area contributed by atoms with Crippen molar-refractivity contribution < 1.29 is 13.7 Å². The summed E-state index contributed by atoms with van der Waals surface area (Å²) < 4.78 is 88.6. The molecular formula is C55H36N2. The van der Waals surface area contributed by atoms with Crippen LogP contribution in [-0.4, -0.2) is 9.55 Å². The van der Waals surface area contributed by atoms with E-state index >= 15 is 0 Å². The zero-order chi connectivity index (χ0) is 46.4. The van der Waals surface area contributed by atoms with Gasteiger partial charge in [0.2, 0.25) is 0 Å². The van der Waals surface area contributed by atoms with Crippen LogP contribution in [-0.2, 0) is 0 Å². The molecule has 0 radical (unpaired) electrons. The van der Waals surface area contributed by atoms with Crippen LogP contribution >= 0.6 is 0 Å². The Morgan fingerprint density at radius 2 is 0.842 bits per heavy atom. The molecule has 0 bridgehead atoms. The average molecular weight is 735 g/mol. The molecule has 0 N–H and O–H groups in total. The monoisotopic (exact) mass is 734 g/mol. The Labute approximate surface area is 345 Å². The number of hydrogen-bond acceptors (Lipinski definition) is 1. The summed E-state index contributed by atoms with van der Waals surface area (Å²) in [6.07, 6.45) is 0. The molecular weight excluding hydrogens is 689 g/mol. The predicted molar refractivity (Wildman–Crippen MR) is 241 cm³/mol. The standard InChI is InChI=1S/C55H36N2/c1-3-16-37(17-4-1)42-34-43(38-18-5-2-6-19-38)36-44(35-42)54-48-25-11-9-23-46(48)53(47-24-10-12-26-49(47)54)40-30-32-41(33-31-40)55-56-50-27-13-14-28-52(50)57(55)51-29-15-21-39-20-7-8-22-45(39)51/h1-36H/i1D,2D,3D,4D,5D,6D,16D,17D,18D,19D. The largest absolute Gasteiger partial charge is 0.292 e. The third-order valence-corrected chi connectivity index (χ3v) is 10.7. The van der Waals surface area contributed by atoms with Crippen molar-refractivity contribution in [2.75, 3.05) is 0 Å². The number of fused-ring (bicyclic) bond motifs is 4. The maximum absolute atomic E-state index is 8.94. The molecule has 1 aromatic heterocycles. The SMILES string of the molecule is [2H]c1c([2H])c([2H])c(-c2cc(-c3c([2H])c([2H])c([2H])c([2H])c3[2H])cc(-c3c4ccccc4c(-c4ccc(-c5nc6ccccc6n5-c5cccc6ccccc56)cc4)c4ccccc34)c2)c([2H])c1[2H]. The molecule has 0 amide bonds. The van der Waals surface area contributed by atoms with Crippen molar-refractivity contribution in [3.63, 3.8) is 0 Å². The van der Waals surface area contributed by atoms with E-state index in [1.165, 1.54) is 0 Å².